The predicted octanol–water partition coefficient (Wildman–Crippen LogP) is 2.72. The van der Waals surface area contributed by atoms with Crippen molar-refractivity contribution in [1.82, 2.24) is 4.90 Å². The van der Waals surface area contributed by atoms with Crippen LogP contribution in [0.15, 0.2) is 34.7 Å². The highest BCUT2D eigenvalue weighted by molar-refractivity contribution is 5.77. The molecule has 2 heterocycles. The van der Waals surface area contributed by atoms with Crippen molar-refractivity contribution in [3.63, 3.8) is 0 Å². The molecule has 0 spiro atoms. The minimum absolute atomic E-state index is 0.363. The number of morpholine rings is 1. The molecule has 2 aromatic rings. The highest BCUT2D eigenvalue weighted by Crippen LogP contribution is 2.31. The molecule has 1 aromatic carbocycles. The number of ether oxygens (including phenoxy) is 1. The van der Waals surface area contributed by atoms with E-state index in [0.717, 1.165) is 30.5 Å². The van der Waals surface area contributed by atoms with Crippen molar-refractivity contribution in [3.8, 4) is 0 Å². The normalized spacial score (nSPS) is 27.9. The standard InChI is InChI=1S/C17H21NO3/c19-14(17-10-12-4-1-2-6-15(12)21-17)11-18-8-9-20-16-7-3-5-13(16)18/h1-2,4,6,10,13-14,16,19H,3,5,7-9,11H2. The van der Waals surface area contributed by atoms with Gasteiger partial charge in [-0.1, -0.05) is 18.2 Å². The maximum absolute atomic E-state index is 10.5. The zero-order valence-corrected chi connectivity index (χ0v) is 12.1. The fourth-order valence-corrected chi connectivity index (χ4v) is 3.71. The van der Waals surface area contributed by atoms with Crippen molar-refractivity contribution in [2.45, 2.75) is 37.5 Å². The molecule has 2 aliphatic rings. The van der Waals surface area contributed by atoms with E-state index in [9.17, 15) is 5.11 Å². The number of aliphatic hydroxyl groups is 1. The molecule has 3 atom stereocenters. The maximum Gasteiger partial charge on any atom is 0.135 e. The second-order valence-corrected chi connectivity index (χ2v) is 6.10. The van der Waals surface area contributed by atoms with E-state index in [1.807, 2.05) is 30.3 Å². The Morgan fingerprint density at radius 2 is 2.19 bits per heavy atom. The van der Waals surface area contributed by atoms with Crippen LogP contribution in [0.4, 0.5) is 0 Å². The third-order valence-corrected chi connectivity index (χ3v) is 4.78. The topological polar surface area (TPSA) is 45.8 Å². The molecule has 21 heavy (non-hydrogen) atoms. The smallest absolute Gasteiger partial charge is 0.135 e. The Balaban J connectivity index is 1.50. The van der Waals surface area contributed by atoms with Gasteiger partial charge < -0.3 is 14.3 Å². The first-order valence-electron chi connectivity index (χ1n) is 7.83. The molecule has 0 bridgehead atoms. The summed E-state index contributed by atoms with van der Waals surface area (Å²) in [5.74, 6) is 0.664. The van der Waals surface area contributed by atoms with Gasteiger partial charge in [-0.2, -0.15) is 0 Å². The third-order valence-electron chi connectivity index (χ3n) is 4.78. The van der Waals surface area contributed by atoms with Gasteiger partial charge in [-0.3, -0.25) is 4.90 Å². The van der Waals surface area contributed by atoms with E-state index < -0.39 is 6.10 Å². The Labute approximate surface area is 124 Å². The molecule has 1 aliphatic carbocycles. The van der Waals surface area contributed by atoms with Gasteiger partial charge in [0.1, 0.15) is 17.4 Å². The first kappa shape index (κ1) is 13.3. The van der Waals surface area contributed by atoms with Crippen molar-refractivity contribution in [3.05, 3.63) is 36.1 Å². The van der Waals surface area contributed by atoms with E-state index in [1.54, 1.807) is 0 Å². The molecule has 3 unspecified atom stereocenters. The van der Waals surface area contributed by atoms with Gasteiger partial charge in [0.05, 0.1) is 12.7 Å². The van der Waals surface area contributed by atoms with Crippen molar-refractivity contribution in [2.24, 2.45) is 0 Å². The lowest BCUT2D eigenvalue weighted by Gasteiger charge is -2.38. The number of hydrogen-bond acceptors (Lipinski definition) is 4. The zero-order chi connectivity index (χ0) is 14.2. The van der Waals surface area contributed by atoms with E-state index in [-0.39, 0.29) is 0 Å². The Morgan fingerprint density at radius 3 is 3.10 bits per heavy atom. The summed E-state index contributed by atoms with van der Waals surface area (Å²) in [4.78, 5) is 2.37. The molecule has 4 nitrogen and oxygen atoms in total. The number of β-amino-alcohol motifs (C(OH)–C–C–N with tert-alkyl or cyclic N) is 1. The SMILES string of the molecule is OC(CN1CCOC2CCCC21)c1cc2ccccc2o1. The van der Waals surface area contributed by atoms with Gasteiger partial charge in [0.15, 0.2) is 0 Å². The van der Waals surface area contributed by atoms with E-state index in [2.05, 4.69) is 4.90 Å². The minimum Gasteiger partial charge on any atom is -0.458 e. The maximum atomic E-state index is 10.5. The van der Waals surface area contributed by atoms with Gasteiger partial charge in [-0.25, -0.2) is 0 Å². The fraction of sp³-hybridized carbons (Fsp3) is 0.529. The average Bonchev–Trinajstić information content (AvgIpc) is 3.14. The summed E-state index contributed by atoms with van der Waals surface area (Å²) in [6.07, 6.45) is 3.35. The molecule has 1 aliphatic heterocycles. The second-order valence-electron chi connectivity index (χ2n) is 6.10. The number of para-hydroxylation sites is 1. The summed E-state index contributed by atoms with van der Waals surface area (Å²) in [7, 11) is 0. The Bertz CT molecular complexity index is 590. The molecule has 1 aromatic heterocycles. The number of fused-ring (bicyclic) bond motifs is 2. The first-order chi connectivity index (χ1) is 10.3. The van der Waals surface area contributed by atoms with Crippen molar-refractivity contribution < 1.29 is 14.3 Å². The van der Waals surface area contributed by atoms with Gasteiger partial charge in [-0.15, -0.1) is 0 Å². The molecule has 112 valence electrons. The van der Waals surface area contributed by atoms with Crippen LogP contribution in [0.25, 0.3) is 11.0 Å². The van der Waals surface area contributed by atoms with Crippen LogP contribution in [0.5, 0.6) is 0 Å². The van der Waals surface area contributed by atoms with Gasteiger partial charge in [-0.05, 0) is 31.4 Å². The summed E-state index contributed by atoms with van der Waals surface area (Å²) in [6, 6.07) is 10.3. The summed E-state index contributed by atoms with van der Waals surface area (Å²) >= 11 is 0. The van der Waals surface area contributed by atoms with Gasteiger partial charge in [0, 0.05) is 24.5 Å². The molecule has 2 fully saturated rings. The summed E-state index contributed by atoms with van der Waals surface area (Å²) < 4.78 is 11.6. The zero-order valence-electron chi connectivity index (χ0n) is 12.1. The molecule has 4 heteroatoms. The van der Waals surface area contributed by atoms with Gasteiger partial charge in [0.2, 0.25) is 0 Å². The van der Waals surface area contributed by atoms with Crippen LogP contribution >= 0.6 is 0 Å². The molecule has 1 saturated heterocycles. The highest BCUT2D eigenvalue weighted by Gasteiger charge is 2.37. The fourth-order valence-electron chi connectivity index (χ4n) is 3.71. The van der Waals surface area contributed by atoms with E-state index in [1.165, 1.54) is 12.8 Å². The van der Waals surface area contributed by atoms with Crippen LogP contribution < -0.4 is 0 Å². The van der Waals surface area contributed by atoms with Crippen molar-refractivity contribution in [1.29, 1.82) is 0 Å². The van der Waals surface area contributed by atoms with Crippen LogP contribution in [-0.2, 0) is 4.74 Å². The third kappa shape index (κ3) is 2.48. The number of hydrogen-bond donors (Lipinski definition) is 1. The van der Waals surface area contributed by atoms with Gasteiger partial charge >= 0.3 is 0 Å². The van der Waals surface area contributed by atoms with E-state index in [0.29, 0.717) is 24.5 Å². The van der Waals surface area contributed by atoms with E-state index in [4.69, 9.17) is 9.15 Å². The number of rotatable bonds is 3. The Hall–Kier alpha value is -1.36. The largest absolute Gasteiger partial charge is 0.458 e. The molecule has 0 amide bonds. The summed E-state index contributed by atoms with van der Waals surface area (Å²) in [5.41, 5.74) is 0.840. The van der Waals surface area contributed by atoms with Crippen LogP contribution in [0.3, 0.4) is 0 Å². The second kappa shape index (κ2) is 5.44. The molecular weight excluding hydrogens is 266 g/mol. The quantitative estimate of drug-likeness (QED) is 0.943. The molecule has 1 saturated carbocycles. The molecular formula is C17H21NO3. The Morgan fingerprint density at radius 1 is 1.29 bits per heavy atom. The Kier molecular flexibility index (Phi) is 3.45. The van der Waals surface area contributed by atoms with Crippen LogP contribution in [0.2, 0.25) is 0 Å². The lowest BCUT2D eigenvalue weighted by molar-refractivity contribution is -0.0690. The number of benzene rings is 1. The number of furan rings is 1. The van der Waals surface area contributed by atoms with Crippen LogP contribution in [0.1, 0.15) is 31.1 Å². The van der Waals surface area contributed by atoms with Crippen molar-refractivity contribution in [2.75, 3.05) is 19.7 Å². The van der Waals surface area contributed by atoms with Crippen molar-refractivity contribution >= 4 is 11.0 Å². The number of aliphatic hydroxyl groups excluding tert-OH is 1. The summed E-state index contributed by atoms with van der Waals surface area (Å²) in [6.45, 7) is 2.30. The lowest BCUT2D eigenvalue weighted by Crippen LogP contribution is -2.49. The monoisotopic (exact) mass is 287 g/mol. The van der Waals surface area contributed by atoms with Gasteiger partial charge in [0.25, 0.3) is 0 Å². The molecule has 4 rings (SSSR count). The lowest BCUT2D eigenvalue weighted by atomic mass is 10.1. The number of nitrogens with zero attached hydrogens (tertiary/aromatic N) is 1. The van der Waals surface area contributed by atoms with Crippen LogP contribution in [-0.4, -0.2) is 41.8 Å². The predicted molar refractivity (Wildman–Crippen MR) is 80.1 cm³/mol. The van der Waals surface area contributed by atoms with Crippen LogP contribution in [0, 0.1) is 0 Å². The van der Waals surface area contributed by atoms with E-state index >= 15 is 0 Å². The summed E-state index contributed by atoms with van der Waals surface area (Å²) in [5, 5.41) is 11.6. The highest BCUT2D eigenvalue weighted by atomic mass is 16.5. The minimum atomic E-state index is -0.572. The average molecular weight is 287 g/mol. The first-order valence-corrected chi connectivity index (χ1v) is 7.83. The molecule has 0 radical (unpaired) electrons. The molecule has 1 N–H and O–H groups in total.